The second-order valence-corrected chi connectivity index (χ2v) is 6.70. The van der Waals surface area contributed by atoms with Crippen molar-refractivity contribution in [3.05, 3.63) is 0 Å². The number of aliphatic hydroxyl groups excluding tert-OH is 1. The third-order valence-corrected chi connectivity index (χ3v) is 5.09. The van der Waals surface area contributed by atoms with Crippen LogP contribution in [0.25, 0.3) is 0 Å². The van der Waals surface area contributed by atoms with E-state index in [1.165, 1.54) is 0 Å². The third-order valence-electron chi connectivity index (χ3n) is 4.02. The van der Waals surface area contributed by atoms with Crippen LogP contribution >= 0.6 is 11.8 Å². The lowest BCUT2D eigenvalue weighted by Crippen LogP contribution is -2.50. The molecule has 0 aromatic rings. The van der Waals surface area contributed by atoms with Crippen LogP contribution in [0.5, 0.6) is 0 Å². The van der Waals surface area contributed by atoms with Crippen molar-refractivity contribution in [1.29, 1.82) is 0 Å². The summed E-state index contributed by atoms with van der Waals surface area (Å²) in [5.74, 6) is 2.20. The zero-order valence-electron chi connectivity index (χ0n) is 11.7. The minimum absolute atomic E-state index is 0.0954. The van der Waals surface area contributed by atoms with Crippen LogP contribution < -0.4 is 5.32 Å². The summed E-state index contributed by atoms with van der Waals surface area (Å²) in [6.07, 6.45) is 5.28. The maximum absolute atomic E-state index is 8.71. The van der Waals surface area contributed by atoms with Crippen LogP contribution in [0.4, 0.5) is 0 Å². The number of rotatable bonds is 7. The van der Waals surface area contributed by atoms with Gasteiger partial charge >= 0.3 is 0 Å². The monoisotopic (exact) mass is 289 g/mol. The summed E-state index contributed by atoms with van der Waals surface area (Å²) in [6, 6.07) is 0.602. The molecule has 0 radical (unpaired) electrons. The van der Waals surface area contributed by atoms with Gasteiger partial charge in [-0.05, 0) is 37.9 Å². The highest BCUT2D eigenvalue weighted by Crippen LogP contribution is 2.34. The Bertz CT molecular complexity index is 241. The SMILES string of the molecule is OCCCSCCNC1CCOC2(CCOCC2)C1. The van der Waals surface area contributed by atoms with Crippen molar-refractivity contribution in [3.63, 3.8) is 0 Å². The average molecular weight is 289 g/mol. The van der Waals surface area contributed by atoms with Gasteiger partial charge in [0.1, 0.15) is 0 Å². The fraction of sp³-hybridized carbons (Fsp3) is 1.00. The standard InChI is InChI=1S/C14H27NO3S/c16-6-1-10-19-11-5-15-13-2-7-18-14(12-13)3-8-17-9-4-14/h13,15-16H,1-12H2. The summed E-state index contributed by atoms with van der Waals surface area (Å²) in [5, 5.41) is 12.4. The van der Waals surface area contributed by atoms with Crippen LogP contribution in [0.3, 0.4) is 0 Å². The fourth-order valence-electron chi connectivity index (χ4n) is 2.90. The Balaban J connectivity index is 1.61. The molecule has 0 aromatic heterocycles. The second kappa shape index (κ2) is 8.47. The van der Waals surface area contributed by atoms with Crippen LogP contribution in [-0.2, 0) is 9.47 Å². The smallest absolute Gasteiger partial charge is 0.0741 e. The summed E-state index contributed by atoms with van der Waals surface area (Å²) in [7, 11) is 0. The van der Waals surface area contributed by atoms with Crippen LogP contribution in [0.2, 0.25) is 0 Å². The molecule has 1 spiro atoms. The van der Waals surface area contributed by atoms with E-state index in [2.05, 4.69) is 5.32 Å². The lowest BCUT2D eigenvalue weighted by Gasteiger charge is -2.43. The molecule has 2 aliphatic heterocycles. The van der Waals surface area contributed by atoms with Crippen LogP contribution in [0, 0.1) is 0 Å². The quantitative estimate of drug-likeness (QED) is 0.694. The van der Waals surface area contributed by atoms with Gasteiger partial charge in [0.25, 0.3) is 0 Å². The minimum Gasteiger partial charge on any atom is -0.396 e. The predicted molar refractivity (Wildman–Crippen MR) is 78.8 cm³/mol. The average Bonchev–Trinajstić information content (AvgIpc) is 2.44. The molecular formula is C14H27NO3S. The molecule has 112 valence electrons. The van der Waals surface area contributed by atoms with Crippen LogP contribution in [-0.4, -0.2) is 61.2 Å². The Morgan fingerprint density at radius 2 is 2.05 bits per heavy atom. The normalized spacial score (nSPS) is 26.7. The molecule has 4 nitrogen and oxygen atoms in total. The van der Waals surface area contributed by atoms with Crippen molar-refractivity contribution in [1.82, 2.24) is 5.32 Å². The van der Waals surface area contributed by atoms with Crippen molar-refractivity contribution < 1.29 is 14.6 Å². The van der Waals surface area contributed by atoms with E-state index >= 15 is 0 Å². The summed E-state index contributed by atoms with van der Waals surface area (Å²) < 4.78 is 11.5. The Morgan fingerprint density at radius 3 is 2.84 bits per heavy atom. The Kier molecular flexibility index (Phi) is 6.94. The highest BCUT2D eigenvalue weighted by molar-refractivity contribution is 7.99. The van der Waals surface area contributed by atoms with Gasteiger partial charge in [-0.25, -0.2) is 0 Å². The van der Waals surface area contributed by atoms with Crippen molar-refractivity contribution >= 4 is 11.8 Å². The molecule has 0 bridgehead atoms. The number of aliphatic hydroxyl groups is 1. The van der Waals surface area contributed by atoms with Gasteiger partial charge in [0, 0.05) is 44.8 Å². The van der Waals surface area contributed by atoms with Crippen molar-refractivity contribution in [2.45, 2.75) is 43.7 Å². The number of nitrogens with one attached hydrogen (secondary N) is 1. The van der Waals surface area contributed by atoms with Crippen LogP contribution in [0.1, 0.15) is 32.1 Å². The van der Waals surface area contributed by atoms with Gasteiger partial charge in [-0.15, -0.1) is 0 Å². The first-order valence-electron chi connectivity index (χ1n) is 7.48. The molecule has 2 heterocycles. The van der Waals surface area contributed by atoms with E-state index in [9.17, 15) is 0 Å². The molecule has 1 unspecified atom stereocenters. The molecule has 0 aliphatic carbocycles. The molecule has 0 amide bonds. The molecule has 5 heteroatoms. The minimum atomic E-state index is 0.0954. The van der Waals surface area contributed by atoms with Gasteiger partial charge in [0.15, 0.2) is 0 Å². The third kappa shape index (κ3) is 5.23. The number of hydrogen-bond donors (Lipinski definition) is 2. The molecule has 2 aliphatic rings. The molecule has 0 saturated carbocycles. The molecule has 1 atom stereocenters. The lowest BCUT2D eigenvalue weighted by molar-refractivity contribution is -0.140. The molecule has 0 aromatic carbocycles. The fourth-order valence-corrected chi connectivity index (χ4v) is 3.70. The summed E-state index contributed by atoms with van der Waals surface area (Å²) >= 11 is 1.92. The number of ether oxygens (including phenoxy) is 2. The molecule has 2 saturated heterocycles. The number of thioether (sulfide) groups is 1. The predicted octanol–water partition coefficient (Wildman–Crippen LogP) is 1.42. The van der Waals surface area contributed by atoms with Gasteiger partial charge in [0.05, 0.1) is 5.60 Å². The summed E-state index contributed by atoms with van der Waals surface area (Å²) in [5.41, 5.74) is 0.0954. The van der Waals surface area contributed by atoms with E-state index in [1.807, 2.05) is 11.8 Å². The van der Waals surface area contributed by atoms with Crippen molar-refractivity contribution in [2.75, 3.05) is 44.5 Å². The van der Waals surface area contributed by atoms with E-state index in [4.69, 9.17) is 14.6 Å². The first-order valence-corrected chi connectivity index (χ1v) is 8.64. The Morgan fingerprint density at radius 1 is 1.21 bits per heavy atom. The maximum Gasteiger partial charge on any atom is 0.0741 e. The number of hydrogen-bond acceptors (Lipinski definition) is 5. The summed E-state index contributed by atoms with van der Waals surface area (Å²) in [6.45, 7) is 3.96. The van der Waals surface area contributed by atoms with Crippen LogP contribution in [0.15, 0.2) is 0 Å². The van der Waals surface area contributed by atoms with Crippen molar-refractivity contribution in [3.8, 4) is 0 Å². The largest absolute Gasteiger partial charge is 0.396 e. The van der Waals surface area contributed by atoms with Gasteiger partial charge in [-0.3, -0.25) is 0 Å². The first-order chi connectivity index (χ1) is 9.35. The Hall–Kier alpha value is 0.190. The lowest BCUT2D eigenvalue weighted by atomic mass is 9.84. The van der Waals surface area contributed by atoms with Gasteiger partial charge < -0.3 is 19.9 Å². The van der Waals surface area contributed by atoms with Gasteiger partial charge in [0.2, 0.25) is 0 Å². The van der Waals surface area contributed by atoms with E-state index in [1.54, 1.807) is 0 Å². The molecular weight excluding hydrogens is 262 g/mol. The molecule has 2 rings (SSSR count). The maximum atomic E-state index is 8.71. The van der Waals surface area contributed by atoms with E-state index in [-0.39, 0.29) is 5.60 Å². The molecule has 2 N–H and O–H groups in total. The van der Waals surface area contributed by atoms with Crippen molar-refractivity contribution in [2.24, 2.45) is 0 Å². The highest BCUT2D eigenvalue weighted by Gasteiger charge is 2.38. The van der Waals surface area contributed by atoms with E-state index in [0.29, 0.717) is 12.6 Å². The molecule has 19 heavy (non-hydrogen) atoms. The summed E-state index contributed by atoms with van der Waals surface area (Å²) in [4.78, 5) is 0. The van der Waals surface area contributed by atoms with Gasteiger partial charge in [-0.2, -0.15) is 11.8 Å². The Labute approximate surface area is 120 Å². The first kappa shape index (κ1) is 15.6. The highest BCUT2D eigenvalue weighted by atomic mass is 32.2. The van der Waals surface area contributed by atoms with E-state index in [0.717, 1.165) is 70.0 Å². The van der Waals surface area contributed by atoms with E-state index < -0.39 is 0 Å². The zero-order valence-corrected chi connectivity index (χ0v) is 12.6. The topological polar surface area (TPSA) is 50.7 Å². The zero-order chi connectivity index (χ0) is 13.4. The molecule has 2 fully saturated rings. The van der Waals surface area contributed by atoms with Gasteiger partial charge in [-0.1, -0.05) is 0 Å². The second-order valence-electron chi connectivity index (χ2n) is 5.48.